The Hall–Kier alpha value is -4.52. The molecule has 1 N–H and O–H groups in total. The maximum atomic E-state index is 13.6. The Kier molecular flexibility index (Phi) is 5.75. The zero-order chi connectivity index (χ0) is 27.5. The molecule has 1 atom stereocenters. The van der Waals surface area contributed by atoms with Gasteiger partial charge in [0.2, 0.25) is 0 Å². The van der Waals surface area contributed by atoms with Crippen LogP contribution in [0.5, 0.6) is 0 Å². The number of aromatic amines is 1. The van der Waals surface area contributed by atoms with Crippen LogP contribution < -0.4 is 11.4 Å². The van der Waals surface area contributed by atoms with Gasteiger partial charge in [-0.05, 0) is 53.3 Å². The van der Waals surface area contributed by atoms with Gasteiger partial charge in [-0.3, -0.25) is 9.97 Å². The maximum Gasteiger partial charge on any atom is 0.433 e. The summed E-state index contributed by atoms with van der Waals surface area (Å²) in [4.78, 5) is 34.1. The SMILES string of the molecule is CC1CC(Cl)=CC=C1c1c(-c2ccncc2)c2nn(Cc3ccc(C(F)(F)F)nc3)c(=O)n2n2c(=O)[nH]nc12. The highest BCUT2D eigenvalue weighted by atomic mass is 35.5. The monoisotopic (exact) mass is 554 g/mol. The van der Waals surface area contributed by atoms with E-state index in [-0.39, 0.29) is 23.8 Å². The number of hydrogen-bond donors (Lipinski definition) is 1. The van der Waals surface area contributed by atoms with Gasteiger partial charge in [-0.25, -0.2) is 19.4 Å². The molecule has 198 valence electrons. The van der Waals surface area contributed by atoms with E-state index in [1.807, 2.05) is 13.0 Å². The standard InChI is InChI=1S/C25H18ClF3N8O2/c1-13-10-16(26)3-4-17(13)20-19(15-6-8-30-9-7-15)22-34-35(12-14-2-5-18(31-11-14)25(27,28)29)24(39)37(22)36-21(20)32-33-23(36)38/h2-9,11,13H,10,12H2,1H3,(H,33,38). The molecule has 0 saturated heterocycles. The van der Waals surface area contributed by atoms with E-state index in [9.17, 15) is 22.8 Å². The lowest BCUT2D eigenvalue weighted by molar-refractivity contribution is -0.141. The first-order chi connectivity index (χ1) is 18.6. The van der Waals surface area contributed by atoms with E-state index in [2.05, 4.69) is 25.3 Å². The molecule has 10 nitrogen and oxygen atoms in total. The van der Waals surface area contributed by atoms with Crippen LogP contribution in [0, 0.1) is 5.92 Å². The van der Waals surface area contributed by atoms with Gasteiger partial charge < -0.3 is 0 Å². The lowest BCUT2D eigenvalue weighted by Gasteiger charge is -2.22. The van der Waals surface area contributed by atoms with Crippen LogP contribution in [-0.4, -0.2) is 39.0 Å². The van der Waals surface area contributed by atoms with Gasteiger partial charge in [0.15, 0.2) is 11.3 Å². The van der Waals surface area contributed by atoms with Gasteiger partial charge in [0.25, 0.3) is 0 Å². The van der Waals surface area contributed by atoms with Gasteiger partial charge in [0.1, 0.15) is 5.69 Å². The van der Waals surface area contributed by atoms with Crippen molar-refractivity contribution in [3.05, 3.63) is 97.8 Å². The van der Waals surface area contributed by atoms with E-state index in [0.29, 0.717) is 33.7 Å². The fourth-order valence-corrected chi connectivity index (χ4v) is 5.06. The number of rotatable bonds is 4. The smallest absolute Gasteiger partial charge is 0.265 e. The van der Waals surface area contributed by atoms with Gasteiger partial charge in [0, 0.05) is 34.7 Å². The van der Waals surface area contributed by atoms with E-state index in [1.54, 1.807) is 30.6 Å². The molecule has 6 rings (SSSR count). The molecule has 14 heteroatoms. The summed E-state index contributed by atoms with van der Waals surface area (Å²) in [5, 5.41) is 11.9. The summed E-state index contributed by atoms with van der Waals surface area (Å²) in [6.45, 7) is 1.81. The second-order valence-corrected chi connectivity index (χ2v) is 9.60. The predicted molar refractivity (Wildman–Crippen MR) is 136 cm³/mol. The molecule has 0 aromatic carbocycles. The van der Waals surface area contributed by atoms with Gasteiger partial charge >= 0.3 is 17.6 Å². The number of fused-ring (bicyclic) bond motifs is 3. The van der Waals surface area contributed by atoms with Crippen molar-refractivity contribution in [3.63, 3.8) is 0 Å². The van der Waals surface area contributed by atoms with Crippen molar-refractivity contribution in [3.8, 4) is 11.1 Å². The third-order valence-electron chi connectivity index (χ3n) is 6.55. The number of nitrogens with one attached hydrogen (secondary N) is 1. The van der Waals surface area contributed by atoms with Crippen LogP contribution in [0.4, 0.5) is 13.2 Å². The second-order valence-electron chi connectivity index (χ2n) is 9.12. The summed E-state index contributed by atoms with van der Waals surface area (Å²) in [7, 11) is 0. The Balaban J connectivity index is 1.65. The molecule has 0 amide bonds. The largest absolute Gasteiger partial charge is 0.433 e. The van der Waals surface area contributed by atoms with Crippen LogP contribution in [0.1, 0.15) is 30.2 Å². The molecule has 0 radical (unpaired) electrons. The van der Waals surface area contributed by atoms with Crippen LogP contribution in [-0.2, 0) is 12.7 Å². The first-order valence-electron chi connectivity index (χ1n) is 11.8. The molecule has 0 aliphatic heterocycles. The summed E-state index contributed by atoms with van der Waals surface area (Å²) in [5.41, 5.74) is 0.932. The van der Waals surface area contributed by atoms with Crippen molar-refractivity contribution < 1.29 is 13.2 Å². The molecule has 0 saturated carbocycles. The highest BCUT2D eigenvalue weighted by Gasteiger charge is 2.32. The van der Waals surface area contributed by atoms with E-state index < -0.39 is 23.2 Å². The Bertz CT molecular complexity index is 1920. The number of allylic oxidation sites excluding steroid dienone is 4. The molecule has 0 fully saturated rings. The van der Waals surface area contributed by atoms with Crippen molar-refractivity contribution in [1.82, 2.24) is 39.0 Å². The van der Waals surface area contributed by atoms with Gasteiger partial charge in [-0.2, -0.15) is 27.3 Å². The normalized spacial score (nSPS) is 16.1. The minimum atomic E-state index is -4.59. The molecule has 5 aromatic heterocycles. The zero-order valence-corrected chi connectivity index (χ0v) is 20.9. The average molecular weight is 555 g/mol. The Morgan fingerprint density at radius 2 is 1.82 bits per heavy atom. The summed E-state index contributed by atoms with van der Waals surface area (Å²) in [6, 6.07) is 5.57. The Morgan fingerprint density at radius 3 is 2.49 bits per heavy atom. The third-order valence-corrected chi connectivity index (χ3v) is 6.83. The maximum absolute atomic E-state index is 13.6. The number of alkyl halides is 3. The highest BCUT2D eigenvalue weighted by Crippen LogP contribution is 2.41. The number of aromatic nitrogens is 8. The number of H-pyrrole nitrogens is 1. The van der Waals surface area contributed by atoms with Crippen LogP contribution >= 0.6 is 11.6 Å². The molecular weight excluding hydrogens is 537 g/mol. The molecule has 5 aromatic rings. The molecule has 0 bridgehead atoms. The Labute approximate surface area is 221 Å². The highest BCUT2D eigenvalue weighted by molar-refractivity contribution is 6.30. The van der Waals surface area contributed by atoms with E-state index in [0.717, 1.165) is 31.5 Å². The summed E-state index contributed by atoms with van der Waals surface area (Å²) >= 11 is 6.28. The van der Waals surface area contributed by atoms with E-state index in [4.69, 9.17) is 11.6 Å². The number of halogens is 4. The van der Waals surface area contributed by atoms with Crippen LogP contribution in [0.25, 0.3) is 28.0 Å². The minimum Gasteiger partial charge on any atom is -0.265 e. The van der Waals surface area contributed by atoms with Gasteiger partial charge in [0.05, 0.1) is 6.54 Å². The van der Waals surface area contributed by atoms with Crippen molar-refractivity contribution in [1.29, 1.82) is 0 Å². The first-order valence-corrected chi connectivity index (χ1v) is 12.1. The lowest BCUT2D eigenvalue weighted by Crippen LogP contribution is -2.29. The molecule has 1 aliphatic rings. The summed E-state index contributed by atoms with van der Waals surface area (Å²) in [6.07, 6.45) is 3.84. The molecule has 0 spiro atoms. The summed E-state index contributed by atoms with van der Waals surface area (Å²) < 4.78 is 42.2. The van der Waals surface area contributed by atoms with Crippen molar-refractivity contribution >= 4 is 28.5 Å². The molecule has 39 heavy (non-hydrogen) atoms. The Morgan fingerprint density at radius 1 is 1.05 bits per heavy atom. The third kappa shape index (κ3) is 4.14. The molecular formula is C25H18ClF3N8O2. The lowest BCUT2D eigenvalue weighted by atomic mass is 9.85. The van der Waals surface area contributed by atoms with E-state index >= 15 is 0 Å². The molecule has 1 unspecified atom stereocenters. The minimum absolute atomic E-state index is 0.0480. The number of hydrogen-bond acceptors (Lipinski definition) is 6. The topological polar surface area (TPSA) is 115 Å². The molecule has 5 heterocycles. The van der Waals surface area contributed by atoms with Gasteiger partial charge in [-0.1, -0.05) is 30.7 Å². The van der Waals surface area contributed by atoms with Crippen molar-refractivity contribution in [2.45, 2.75) is 26.1 Å². The zero-order valence-electron chi connectivity index (χ0n) is 20.1. The van der Waals surface area contributed by atoms with E-state index in [1.165, 1.54) is 6.07 Å². The van der Waals surface area contributed by atoms with Crippen LogP contribution in [0.3, 0.4) is 0 Å². The fraction of sp³-hybridized carbons (Fsp3) is 0.200. The number of pyridine rings is 2. The molecule has 1 aliphatic carbocycles. The average Bonchev–Trinajstić information content (AvgIpc) is 3.43. The first kappa shape index (κ1) is 24.8. The van der Waals surface area contributed by atoms with Gasteiger partial charge in [-0.15, -0.1) is 5.10 Å². The van der Waals surface area contributed by atoms with Crippen molar-refractivity contribution in [2.75, 3.05) is 0 Å². The fourth-order valence-electron chi connectivity index (χ4n) is 4.77. The van der Waals surface area contributed by atoms with Crippen LogP contribution in [0.2, 0.25) is 0 Å². The van der Waals surface area contributed by atoms with Crippen molar-refractivity contribution in [2.24, 2.45) is 5.92 Å². The second kappa shape index (κ2) is 9.05. The van der Waals surface area contributed by atoms with Crippen LogP contribution in [0.15, 0.2) is 69.6 Å². The predicted octanol–water partition coefficient (Wildman–Crippen LogP) is 3.90. The summed E-state index contributed by atoms with van der Waals surface area (Å²) in [5.74, 6) is -0.0480. The quantitative estimate of drug-likeness (QED) is 0.360. The number of nitrogens with zero attached hydrogens (tertiary/aromatic N) is 7.